The van der Waals surface area contributed by atoms with Gasteiger partial charge in [0, 0.05) is 82.2 Å². The van der Waals surface area contributed by atoms with E-state index in [1.54, 1.807) is 41.1 Å². The molecule has 2 heterocycles. The van der Waals surface area contributed by atoms with Crippen LogP contribution in [0.1, 0.15) is 206 Å². The number of benzene rings is 4. The third-order valence-electron chi connectivity index (χ3n) is 13.1. The van der Waals surface area contributed by atoms with Crippen LogP contribution in [0, 0.1) is 47.8 Å². The Labute approximate surface area is 549 Å². The van der Waals surface area contributed by atoms with Crippen LogP contribution in [0.25, 0.3) is 0 Å². The van der Waals surface area contributed by atoms with Gasteiger partial charge in [0.15, 0.2) is 9.84 Å². The maximum atomic E-state index is 12.4. The van der Waals surface area contributed by atoms with Gasteiger partial charge in [0.1, 0.15) is 34.7 Å². The highest BCUT2D eigenvalue weighted by Crippen LogP contribution is 2.27. The first-order valence-corrected chi connectivity index (χ1v) is 33.1. The Morgan fingerprint density at radius 3 is 1.44 bits per heavy atom. The van der Waals surface area contributed by atoms with Gasteiger partial charge in [0.25, 0.3) is 0 Å². The van der Waals surface area contributed by atoms with Crippen LogP contribution in [-0.4, -0.2) is 98.2 Å². The molecule has 1 saturated heterocycles. The van der Waals surface area contributed by atoms with Crippen molar-refractivity contribution in [1.29, 1.82) is 0 Å². The average molecular weight is 1280 g/mol. The molecule has 0 aromatic heterocycles. The summed E-state index contributed by atoms with van der Waals surface area (Å²) in [5.74, 6) is -0.547. The number of anilines is 2. The van der Waals surface area contributed by atoms with Crippen molar-refractivity contribution < 1.29 is 46.8 Å². The number of carbonyl (C=O) groups is 8. The Balaban J connectivity index is 0.00000111. The normalized spacial score (nSPS) is 13.0. The molecular formula is C76H114N4O10S. The van der Waals surface area contributed by atoms with Crippen molar-refractivity contribution in [3.8, 4) is 0 Å². The number of ketones is 5. The Hall–Kier alpha value is -7.00. The summed E-state index contributed by atoms with van der Waals surface area (Å²) in [7, 11) is -1.79. The molecule has 2 aliphatic heterocycles. The SMILES string of the molecule is C.CC.CC(C)(C)CC(=O)CC(=O)Cc1ccccc1.CC1=CC(CC(=O)CC(C)(C)C)=NC1.Cc1ccc(N(C)C(=O)CC(=O)CC(C)(C)C)cc1.Cc1ccc(S(=O)(=O)CC(=O)CC(C)(C)C)cc1.Cc1cccc(N2CCN(C(=O)CC(C)(C)C)C2=O)c1. The maximum absolute atomic E-state index is 12.4. The first-order valence-electron chi connectivity index (χ1n) is 31.4. The van der Waals surface area contributed by atoms with Gasteiger partial charge in [0.05, 0.1) is 24.3 Å². The summed E-state index contributed by atoms with van der Waals surface area (Å²) in [6.45, 7) is 43.8. The van der Waals surface area contributed by atoms with E-state index in [9.17, 15) is 46.8 Å². The molecule has 0 unspecified atom stereocenters. The van der Waals surface area contributed by atoms with E-state index >= 15 is 0 Å². The molecule has 4 amide bonds. The van der Waals surface area contributed by atoms with Crippen molar-refractivity contribution in [3.63, 3.8) is 0 Å². The Kier molecular flexibility index (Phi) is 35.2. The number of sulfone groups is 1. The predicted octanol–water partition coefficient (Wildman–Crippen LogP) is 17.0. The summed E-state index contributed by atoms with van der Waals surface area (Å²) < 4.78 is 24.0. The molecule has 14 nitrogen and oxygen atoms in total. The molecule has 15 heteroatoms. The predicted molar refractivity (Wildman–Crippen MR) is 377 cm³/mol. The van der Waals surface area contributed by atoms with Crippen molar-refractivity contribution in [1.82, 2.24) is 4.90 Å². The van der Waals surface area contributed by atoms with Crippen molar-refractivity contribution in [2.75, 3.05) is 42.2 Å². The van der Waals surface area contributed by atoms with Gasteiger partial charge in [-0.25, -0.2) is 13.2 Å². The van der Waals surface area contributed by atoms with Crippen LogP contribution >= 0.6 is 0 Å². The second-order valence-corrected chi connectivity index (χ2v) is 31.5. The van der Waals surface area contributed by atoms with Crippen LogP contribution in [-0.2, 0) is 49.8 Å². The summed E-state index contributed by atoms with van der Waals surface area (Å²) in [5.41, 5.74) is 7.81. The van der Waals surface area contributed by atoms with E-state index < -0.39 is 15.6 Å². The van der Waals surface area contributed by atoms with Crippen molar-refractivity contribution >= 4 is 73.7 Å². The number of nitrogens with zero attached hydrogens (tertiary/aromatic N) is 4. The molecule has 0 bridgehead atoms. The topological polar surface area (TPSA) is 193 Å². The highest BCUT2D eigenvalue weighted by atomic mass is 32.2. The van der Waals surface area contributed by atoms with Crippen LogP contribution in [0.4, 0.5) is 16.2 Å². The average Bonchev–Trinajstić information content (AvgIpc) is 1.77. The Bertz CT molecular complexity index is 3180. The van der Waals surface area contributed by atoms with Gasteiger partial charge in [-0.05, 0) is 108 Å². The summed E-state index contributed by atoms with van der Waals surface area (Å²) in [4.78, 5) is 104. The van der Waals surface area contributed by atoms with E-state index in [1.807, 2.05) is 210 Å². The maximum Gasteiger partial charge on any atom is 0.331 e. The monoisotopic (exact) mass is 1270 g/mol. The van der Waals surface area contributed by atoms with Crippen LogP contribution in [0.5, 0.6) is 0 Å². The lowest BCUT2D eigenvalue weighted by atomic mass is 9.88. The van der Waals surface area contributed by atoms with Gasteiger partial charge in [-0.3, -0.25) is 48.4 Å². The van der Waals surface area contributed by atoms with Gasteiger partial charge < -0.3 is 4.90 Å². The highest BCUT2D eigenvalue weighted by Gasteiger charge is 2.35. The zero-order chi connectivity index (χ0) is 69.2. The number of aliphatic imine (C=N–C) groups is 1. The minimum atomic E-state index is -3.50. The van der Waals surface area contributed by atoms with E-state index in [4.69, 9.17) is 0 Å². The molecule has 0 spiro atoms. The van der Waals surface area contributed by atoms with E-state index in [0.717, 1.165) is 45.9 Å². The molecule has 0 atom stereocenters. The number of Topliss-reactive ketones (excluding diaryl/α,β-unsaturated/α-hetero) is 5. The van der Waals surface area contributed by atoms with Crippen LogP contribution in [0.3, 0.4) is 0 Å². The van der Waals surface area contributed by atoms with Crippen molar-refractivity contribution in [2.24, 2.45) is 32.1 Å². The number of aryl methyl sites for hydroxylation is 3. The van der Waals surface area contributed by atoms with Gasteiger partial charge in [-0.15, -0.1) is 0 Å². The fraction of sp³-hybridized carbons (Fsp3) is 0.539. The van der Waals surface area contributed by atoms with Gasteiger partial charge in [-0.2, -0.15) is 0 Å². The zero-order valence-corrected chi connectivity index (χ0v) is 59.7. The molecule has 0 saturated carbocycles. The number of hydrogen-bond acceptors (Lipinski definition) is 11. The van der Waals surface area contributed by atoms with Gasteiger partial charge >= 0.3 is 6.03 Å². The number of urea groups is 1. The third-order valence-corrected chi connectivity index (χ3v) is 14.7. The standard InChI is InChI=1S/C16H22N2O2.C16H23NO2.C15H20O2.C14H20O3S.C12H19NO.C2H6.CH4/c1-12-6-5-7-13(10-12)17-8-9-18(15(17)20)14(19)11-16(2,3)4;1-12-6-8-13(9-7-12)17(5)15(19)10-14(18)11-16(2,3)4;1-15(2,3)11-14(17)10-13(16)9-12-7-5-4-6-8-12;1-11-5-7-13(8-6-11)18(16,17)10-12(15)9-14(2,3)4;1-9-5-10(13-8-9)6-11(14)7-12(2,3)4;1-2;/h5-7,10H,8-9,11H2,1-4H3;6-9H,10-11H2,1-5H3;4-8H,9-11H2,1-3H3;5-8H,9-10H2,1-4H3;5H,6-8H2,1-4H3;1-2H3;1H4. The fourth-order valence-electron chi connectivity index (χ4n) is 9.21. The summed E-state index contributed by atoms with van der Waals surface area (Å²) in [6.07, 6.45) is 5.13. The molecule has 91 heavy (non-hydrogen) atoms. The summed E-state index contributed by atoms with van der Waals surface area (Å²) >= 11 is 0. The third kappa shape index (κ3) is 37.2. The van der Waals surface area contributed by atoms with E-state index in [2.05, 4.69) is 25.8 Å². The number of hydrogen-bond donors (Lipinski definition) is 0. The second-order valence-electron chi connectivity index (χ2n) is 29.6. The number of carbonyl (C=O) groups excluding carboxylic acids is 8. The number of rotatable bonds is 18. The lowest BCUT2D eigenvalue weighted by molar-refractivity contribution is -0.130. The molecule has 6 rings (SSSR count). The molecule has 4 aromatic carbocycles. The van der Waals surface area contributed by atoms with E-state index in [0.29, 0.717) is 57.4 Å². The minimum Gasteiger partial charge on any atom is -0.315 e. The van der Waals surface area contributed by atoms with E-state index in [-0.39, 0.29) is 99.6 Å². The minimum absolute atomic E-state index is 0. The highest BCUT2D eigenvalue weighted by molar-refractivity contribution is 7.92. The number of amides is 4. The molecule has 0 N–H and O–H groups in total. The van der Waals surface area contributed by atoms with E-state index in [1.165, 1.54) is 10.5 Å². The largest absolute Gasteiger partial charge is 0.331 e. The van der Waals surface area contributed by atoms with Crippen LogP contribution in [0.2, 0.25) is 0 Å². The van der Waals surface area contributed by atoms with Crippen LogP contribution < -0.4 is 9.80 Å². The number of imide groups is 1. The second kappa shape index (κ2) is 38.1. The first kappa shape index (κ1) is 84.0. The molecule has 0 aliphatic carbocycles. The quantitative estimate of drug-likeness (QED) is 0.0866. The molecule has 504 valence electrons. The molecule has 2 aliphatic rings. The summed E-state index contributed by atoms with van der Waals surface area (Å²) in [5, 5.41) is 0. The van der Waals surface area contributed by atoms with Crippen LogP contribution in [0.15, 0.2) is 125 Å². The summed E-state index contributed by atoms with van der Waals surface area (Å²) in [6, 6.07) is 31.4. The smallest absolute Gasteiger partial charge is 0.315 e. The molecule has 4 aromatic rings. The first-order chi connectivity index (χ1) is 41.3. The Morgan fingerprint density at radius 1 is 0.516 bits per heavy atom. The molecular weight excluding hydrogens is 1160 g/mol. The van der Waals surface area contributed by atoms with Crippen molar-refractivity contribution in [3.05, 3.63) is 137 Å². The fourth-order valence-corrected chi connectivity index (χ4v) is 10.5. The number of allylic oxidation sites excluding steroid dienone is 1. The molecule has 0 radical (unpaired) electrons. The van der Waals surface area contributed by atoms with Gasteiger partial charge in [-0.1, -0.05) is 209 Å². The van der Waals surface area contributed by atoms with Crippen molar-refractivity contribution in [2.45, 2.75) is 216 Å². The molecule has 1 fully saturated rings. The van der Waals surface area contributed by atoms with Gasteiger partial charge in [0.2, 0.25) is 11.8 Å². The lowest BCUT2D eigenvalue weighted by Gasteiger charge is -2.22. The lowest BCUT2D eigenvalue weighted by Crippen LogP contribution is -2.37. The zero-order valence-electron chi connectivity index (χ0n) is 58.9. The Morgan fingerprint density at radius 2 is 0.978 bits per heavy atom.